The Morgan fingerprint density at radius 3 is 2.67 bits per heavy atom. The second kappa shape index (κ2) is 3.44. The molecule has 1 nitrogen and oxygen atoms in total. The number of ether oxygens (including phenoxy) is 1. The molecule has 1 aliphatic carbocycles. The molecule has 68 valence electrons. The fraction of sp³-hybridized carbons (Fsp3) is 0.636. The van der Waals surface area contributed by atoms with Crippen molar-refractivity contribution in [2.45, 2.75) is 32.8 Å². The van der Waals surface area contributed by atoms with Gasteiger partial charge < -0.3 is 4.74 Å². The first-order valence-corrected chi connectivity index (χ1v) is 4.49. The van der Waals surface area contributed by atoms with Crippen LogP contribution < -0.4 is 0 Å². The molecule has 0 radical (unpaired) electrons. The average molecular weight is 166 g/mol. The van der Waals surface area contributed by atoms with Gasteiger partial charge in [-0.2, -0.15) is 0 Å². The molecular formula is C11H18O. The number of hydrogen-bond donors (Lipinski definition) is 0. The van der Waals surface area contributed by atoms with Crippen molar-refractivity contribution in [1.29, 1.82) is 0 Å². The van der Waals surface area contributed by atoms with Gasteiger partial charge in [-0.15, -0.1) is 0 Å². The van der Waals surface area contributed by atoms with E-state index in [9.17, 15) is 0 Å². The first-order chi connectivity index (χ1) is 5.56. The highest BCUT2D eigenvalue weighted by atomic mass is 16.5. The maximum absolute atomic E-state index is 5.42. The van der Waals surface area contributed by atoms with Gasteiger partial charge in [0.2, 0.25) is 0 Å². The van der Waals surface area contributed by atoms with E-state index in [1.54, 1.807) is 7.11 Å². The van der Waals surface area contributed by atoms with E-state index in [4.69, 9.17) is 4.74 Å². The molecule has 12 heavy (non-hydrogen) atoms. The molecule has 0 bridgehead atoms. The van der Waals surface area contributed by atoms with Gasteiger partial charge in [0.05, 0.1) is 5.60 Å². The molecule has 0 N–H and O–H groups in total. The van der Waals surface area contributed by atoms with E-state index in [-0.39, 0.29) is 5.60 Å². The van der Waals surface area contributed by atoms with E-state index < -0.39 is 0 Å². The lowest BCUT2D eigenvalue weighted by Gasteiger charge is -2.29. The maximum atomic E-state index is 5.42. The SMILES string of the molecule is COC(C)(C)C1=CC=CC(C)C1. The van der Waals surface area contributed by atoms with Crippen molar-refractivity contribution in [1.82, 2.24) is 0 Å². The van der Waals surface area contributed by atoms with E-state index >= 15 is 0 Å². The average Bonchev–Trinajstić information content (AvgIpc) is 2.05. The van der Waals surface area contributed by atoms with Crippen molar-refractivity contribution in [3.8, 4) is 0 Å². The first kappa shape index (κ1) is 9.53. The van der Waals surface area contributed by atoms with E-state index in [1.165, 1.54) is 5.57 Å². The third kappa shape index (κ3) is 1.98. The molecule has 0 aliphatic heterocycles. The number of hydrogen-bond acceptors (Lipinski definition) is 1. The molecule has 1 unspecified atom stereocenters. The quantitative estimate of drug-likeness (QED) is 0.613. The van der Waals surface area contributed by atoms with E-state index in [0.717, 1.165) is 6.42 Å². The molecular weight excluding hydrogens is 148 g/mol. The highest BCUT2D eigenvalue weighted by Gasteiger charge is 2.23. The summed E-state index contributed by atoms with van der Waals surface area (Å²) in [5.41, 5.74) is 1.29. The fourth-order valence-corrected chi connectivity index (χ4v) is 1.42. The summed E-state index contributed by atoms with van der Waals surface area (Å²) >= 11 is 0. The van der Waals surface area contributed by atoms with Gasteiger partial charge in [-0.1, -0.05) is 25.2 Å². The standard InChI is InChI=1S/C11H18O/c1-9-6-5-7-10(8-9)11(2,3)12-4/h5-7,9H,8H2,1-4H3. The van der Waals surface area contributed by atoms with Crippen LogP contribution in [0.4, 0.5) is 0 Å². The number of rotatable bonds is 2. The Morgan fingerprint density at radius 1 is 1.50 bits per heavy atom. The van der Waals surface area contributed by atoms with E-state index in [2.05, 4.69) is 39.0 Å². The predicted molar refractivity (Wildman–Crippen MR) is 52.1 cm³/mol. The third-order valence-corrected chi connectivity index (χ3v) is 2.56. The zero-order chi connectivity index (χ0) is 9.19. The first-order valence-electron chi connectivity index (χ1n) is 4.49. The van der Waals surface area contributed by atoms with Crippen LogP contribution in [-0.2, 0) is 4.74 Å². The molecule has 1 aliphatic rings. The maximum Gasteiger partial charge on any atom is 0.0834 e. The van der Waals surface area contributed by atoms with Gasteiger partial charge in [-0.3, -0.25) is 0 Å². The smallest absolute Gasteiger partial charge is 0.0834 e. The Bertz CT molecular complexity index is 211. The van der Waals surface area contributed by atoms with Crippen molar-refractivity contribution < 1.29 is 4.74 Å². The van der Waals surface area contributed by atoms with Crippen LogP contribution in [0.3, 0.4) is 0 Å². The van der Waals surface area contributed by atoms with Gasteiger partial charge in [0, 0.05) is 7.11 Å². The van der Waals surface area contributed by atoms with Gasteiger partial charge in [0.15, 0.2) is 0 Å². The molecule has 0 spiro atoms. The Kier molecular flexibility index (Phi) is 2.73. The molecule has 0 heterocycles. The fourth-order valence-electron chi connectivity index (χ4n) is 1.42. The molecule has 1 rings (SSSR count). The second-order valence-electron chi connectivity index (χ2n) is 3.97. The summed E-state index contributed by atoms with van der Waals surface area (Å²) in [6.07, 6.45) is 7.65. The minimum absolute atomic E-state index is 0.0982. The molecule has 1 heteroatoms. The molecule has 0 saturated heterocycles. The summed E-state index contributed by atoms with van der Waals surface area (Å²) < 4.78 is 5.42. The van der Waals surface area contributed by atoms with Gasteiger partial charge in [0.25, 0.3) is 0 Å². The summed E-state index contributed by atoms with van der Waals surface area (Å²) in [4.78, 5) is 0. The summed E-state index contributed by atoms with van der Waals surface area (Å²) in [6.45, 7) is 6.46. The molecule has 0 amide bonds. The minimum Gasteiger partial charge on any atom is -0.374 e. The van der Waals surface area contributed by atoms with Crippen LogP contribution in [-0.4, -0.2) is 12.7 Å². The van der Waals surface area contributed by atoms with Crippen LogP contribution in [0.15, 0.2) is 23.8 Å². The van der Waals surface area contributed by atoms with Crippen LogP contribution in [0.25, 0.3) is 0 Å². The van der Waals surface area contributed by atoms with Gasteiger partial charge >= 0.3 is 0 Å². The monoisotopic (exact) mass is 166 g/mol. The van der Waals surface area contributed by atoms with E-state index in [1.807, 2.05) is 0 Å². The van der Waals surface area contributed by atoms with Crippen molar-refractivity contribution in [2.24, 2.45) is 5.92 Å². The molecule has 0 aromatic heterocycles. The molecule has 1 atom stereocenters. The topological polar surface area (TPSA) is 9.23 Å². The number of allylic oxidation sites excluding steroid dienone is 3. The Balaban J connectivity index is 2.76. The van der Waals surface area contributed by atoms with E-state index in [0.29, 0.717) is 5.92 Å². The lowest BCUT2D eigenvalue weighted by Crippen LogP contribution is -2.27. The lowest BCUT2D eigenvalue weighted by molar-refractivity contribution is 0.0508. The molecule has 0 saturated carbocycles. The van der Waals surface area contributed by atoms with Crippen LogP contribution in [0.1, 0.15) is 27.2 Å². The summed E-state index contributed by atoms with van der Waals surface area (Å²) in [6, 6.07) is 0. The second-order valence-corrected chi connectivity index (χ2v) is 3.97. The van der Waals surface area contributed by atoms with Crippen LogP contribution in [0.5, 0.6) is 0 Å². The zero-order valence-corrected chi connectivity index (χ0v) is 8.42. The van der Waals surface area contributed by atoms with Crippen molar-refractivity contribution in [2.75, 3.05) is 7.11 Å². The highest BCUT2D eigenvalue weighted by Crippen LogP contribution is 2.29. The predicted octanol–water partition coefficient (Wildman–Crippen LogP) is 2.93. The molecule has 0 fully saturated rings. The Morgan fingerprint density at radius 2 is 2.17 bits per heavy atom. The van der Waals surface area contributed by atoms with Crippen molar-refractivity contribution in [3.05, 3.63) is 23.8 Å². The Labute approximate surface area is 75.1 Å². The molecule has 0 aromatic rings. The summed E-state index contributed by atoms with van der Waals surface area (Å²) in [5.74, 6) is 0.652. The third-order valence-electron chi connectivity index (χ3n) is 2.56. The number of methoxy groups -OCH3 is 1. The minimum atomic E-state index is -0.0982. The van der Waals surface area contributed by atoms with Crippen molar-refractivity contribution >= 4 is 0 Å². The van der Waals surface area contributed by atoms with Gasteiger partial charge in [0.1, 0.15) is 0 Å². The van der Waals surface area contributed by atoms with Crippen LogP contribution in [0, 0.1) is 5.92 Å². The highest BCUT2D eigenvalue weighted by molar-refractivity contribution is 5.25. The zero-order valence-electron chi connectivity index (χ0n) is 8.42. The Hall–Kier alpha value is -0.560. The normalized spacial score (nSPS) is 24.0. The van der Waals surface area contributed by atoms with Crippen molar-refractivity contribution in [3.63, 3.8) is 0 Å². The largest absolute Gasteiger partial charge is 0.374 e. The lowest BCUT2D eigenvalue weighted by atomic mass is 9.86. The van der Waals surface area contributed by atoms with Gasteiger partial charge in [-0.05, 0) is 31.8 Å². The summed E-state index contributed by atoms with van der Waals surface area (Å²) in [5, 5.41) is 0. The van der Waals surface area contributed by atoms with Crippen LogP contribution in [0.2, 0.25) is 0 Å². The summed E-state index contributed by atoms with van der Waals surface area (Å²) in [7, 11) is 1.77. The van der Waals surface area contributed by atoms with Gasteiger partial charge in [-0.25, -0.2) is 0 Å². The van der Waals surface area contributed by atoms with Crippen LogP contribution >= 0.6 is 0 Å². The molecule has 0 aromatic carbocycles.